The third-order valence-electron chi connectivity index (χ3n) is 3.87. The summed E-state index contributed by atoms with van der Waals surface area (Å²) >= 11 is 5.93. The van der Waals surface area contributed by atoms with E-state index < -0.39 is 0 Å². The van der Waals surface area contributed by atoms with Gasteiger partial charge in [-0.3, -0.25) is 4.90 Å². The van der Waals surface area contributed by atoms with E-state index in [0.717, 1.165) is 24.1 Å². The average molecular weight is 319 g/mol. The largest absolute Gasteiger partial charge is 0.326 e. The number of halogens is 2. The van der Waals surface area contributed by atoms with Crippen molar-refractivity contribution in [3.8, 4) is 0 Å². The third-order valence-corrected chi connectivity index (χ3v) is 4.10. The van der Waals surface area contributed by atoms with Crippen molar-refractivity contribution in [3.63, 3.8) is 0 Å². The summed E-state index contributed by atoms with van der Waals surface area (Å²) in [5, 5.41) is 3.41. The highest BCUT2D eigenvalue weighted by Crippen LogP contribution is 2.32. The molecule has 0 aromatic heterocycles. The first-order valence-corrected chi connectivity index (χ1v) is 7.56. The van der Waals surface area contributed by atoms with Gasteiger partial charge in [-0.05, 0) is 61.7 Å². The first-order valence-electron chi connectivity index (χ1n) is 7.19. The molecule has 3 nitrogen and oxygen atoms in total. The minimum Gasteiger partial charge on any atom is -0.307 e. The minimum absolute atomic E-state index is 0.0529. The van der Waals surface area contributed by atoms with Gasteiger partial charge >= 0.3 is 6.03 Å². The number of urea groups is 1. The molecule has 0 bridgehead atoms. The van der Waals surface area contributed by atoms with Gasteiger partial charge in [0.2, 0.25) is 0 Å². The second-order valence-corrected chi connectivity index (χ2v) is 5.91. The minimum atomic E-state index is -0.275. The van der Waals surface area contributed by atoms with Crippen LogP contribution in [0.15, 0.2) is 42.5 Å². The molecule has 0 saturated heterocycles. The molecule has 0 aliphatic carbocycles. The number of carbonyl (C=O) groups excluding carboxylic acids is 1. The molecule has 22 heavy (non-hydrogen) atoms. The molecule has 1 unspecified atom stereocenters. The Morgan fingerprint density at radius 3 is 2.91 bits per heavy atom. The van der Waals surface area contributed by atoms with Crippen LogP contribution < -0.4 is 10.2 Å². The summed E-state index contributed by atoms with van der Waals surface area (Å²) in [5.74, 6) is -0.275. The Kier molecular flexibility index (Phi) is 4.03. The highest BCUT2D eigenvalue weighted by molar-refractivity contribution is 6.30. The molecular formula is C17H16ClFN2O. The van der Waals surface area contributed by atoms with Crippen molar-refractivity contribution < 1.29 is 9.18 Å². The molecule has 1 heterocycles. The van der Waals surface area contributed by atoms with Crippen LogP contribution in [0.2, 0.25) is 5.02 Å². The number of benzene rings is 2. The zero-order chi connectivity index (χ0) is 15.7. The van der Waals surface area contributed by atoms with Crippen molar-refractivity contribution in [2.75, 3.05) is 10.2 Å². The number of carbonyl (C=O) groups is 1. The number of anilines is 2. The number of amides is 2. The van der Waals surface area contributed by atoms with E-state index in [2.05, 4.69) is 5.32 Å². The van der Waals surface area contributed by atoms with Gasteiger partial charge in [-0.2, -0.15) is 0 Å². The summed E-state index contributed by atoms with van der Waals surface area (Å²) in [6, 6.07) is 11.4. The summed E-state index contributed by atoms with van der Waals surface area (Å²) in [6.45, 7) is 1.99. The number of nitrogens with one attached hydrogen (secondary N) is 1. The zero-order valence-electron chi connectivity index (χ0n) is 12.1. The second-order valence-electron chi connectivity index (χ2n) is 5.47. The third kappa shape index (κ3) is 2.92. The van der Waals surface area contributed by atoms with Crippen LogP contribution in [0.3, 0.4) is 0 Å². The molecule has 0 fully saturated rings. The lowest BCUT2D eigenvalue weighted by Crippen LogP contribution is -2.44. The van der Waals surface area contributed by atoms with Gasteiger partial charge in [-0.15, -0.1) is 0 Å². The highest BCUT2D eigenvalue weighted by atomic mass is 35.5. The van der Waals surface area contributed by atoms with E-state index in [1.165, 1.54) is 12.1 Å². The van der Waals surface area contributed by atoms with Gasteiger partial charge in [0.05, 0.1) is 0 Å². The van der Waals surface area contributed by atoms with E-state index in [0.29, 0.717) is 10.7 Å². The predicted octanol–water partition coefficient (Wildman–Crippen LogP) is 4.85. The summed E-state index contributed by atoms with van der Waals surface area (Å²) in [4.78, 5) is 14.3. The van der Waals surface area contributed by atoms with Crippen LogP contribution in [0.1, 0.15) is 18.9 Å². The molecule has 2 aromatic rings. The smallest absolute Gasteiger partial charge is 0.307 e. The molecule has 3 rings (SSSR count). The van der Waals surface area contributed by atoms with Crippen molar-refractivity contribution in [2.24, 2.45) is 0 Å². The van der Waals surface area contributed by atoms with E-state index >= 15 is 0 Å². The Morgan fingerprint density at radius 2 is 2.14 bits per heavy atom. The summed E-state index contributed by atoms with van der Waals surface area (Å²) in [7, 11) is 0. The molecule has 1 aliphatic rings. The van der Waals surface area contributed by atoms with Gasteiger partial charge in [0.25, 0.3) is 0 Å². The van der Waals surface area contributed by atoms with Gasteiger partial charge in [0, 0.05) is 22.4 Å². The molecule has 5 heteroatoms. The lowest BCUT2D eigenvalue weighted by molar-refractivity contribution is 0.254. The average Bonchev–Trinajstić information content (AvgIpc) is 2.47. The zero-order valence-corrected chi connectivity index (χ0v) is 12.9. The van der Waals surface area contributed by atoms with Crippen LogP contribution in [-0.4, -0.2) is 12.1 Å². The standard InChI is InChI=1S/C17H16ClFN2O/c1-11-5-6-12-9-14(19)7-8-16(12)21(11)17(22)20-15-4-2-3-13(18)10-15/h2-4,7-11H,5-6H2,1H3,(H,20,22). The van der Waals surface area contributed by atoms with Gasteiger partial charge < -0.3 is 5.32 Å². The van der Waals surface area contributed by atoms with E-state index in [9.17, 15) is 9.18 Å². The lowest BCUT2D eigenvalue weighted by Gasteiger charge is -2.35. The molecule has 0 saturated carbocycles. The van der Waals surface area contributed by atoms with Gasteiger partial charge in [0.1, 0.15) is 5.82 Å². The predicted molar refractivity (Wildman–Crippen MR) is 87.1 cm³/mol. The van der Waals surface area contributed by atoms with Crippen LogP contribution in [0.4, 0.5) is 20.6 Å². The summed E-state index contributed by atoms with van der Waals surface area (Å²) in [6.07, 6.45) is 1.58. The fraction of sp³-hybridized carbons (Fsp3) is 0.235. The van der Waals surface area contributed by atoms with Crippen LogP contribution >= 0.6 is 11.6 Å². The summed E-state index contributed by atoms with van der Waals surface area (Å²) in [5.41, 5.74) is 2.26. The Balaban J connectivity index is 1.89. The monoisotopic (exact) mass is 318 g/mol. The molecule has 1 atom stereocenters. The van der Waals surface area contributed by atoms with Crippen molar-refractivity contribution in [1.29, 1.82) is 0 Å². The van der Waals surface area contributed by atoms with Gasteiger partial charge in [-0.1, -0.05) is 17.7 Å². The van der Waals surface area contributed by atoms with E-state index in [-0.39, 0.29) is 17.9 Å². The maximum Gasteiger partial charge on any atom is 0.326 e. The molecule has 1 N–H and O–H groups in total. The first kappa shape index (κ1) is 14.9. The fourth-order valence-corrected chi connectivity index (χ4v) is 2.97. The number of hydrogen-bond acceptors (Lipinski definition) is 1. The molecule has 0 radical (unpaired) electrons. The number of fused-ring (bicyclic) bond motifs is 1. The molecule has 1 aliphatic heterocycles. The van der Waals surface area contributed by atoms with E-state index in [1.807, 2.05) is 6.92 Å². The normalized spacial score (nSPS) is 17.0. The SMILES string of the molecule is CC1CCc2cc(F)ccc2N1C(=O)Nc1cccc(Cl)c1. The van der Waals surface area contributed by atoms with Crippen LogP contribution in [0, 0.1) is 5.82 Å². The molecule has 2 aromatic carbocycles. The lowest BCUT2D eigenvalue weighted by atomic mass is 9.97. The topological polar surface area (TPSA) is 32.3 Å². The van der Waals surface area contributed by atoms with E-state index in [1.54, 1.807) is 35.2 Å². The summed E-state index contributed by atoms with van der Waals surface area (Å²) < 4.78 is 13.4. The van der Waals surface area contributed by atoms with E-state index in [4.69, 9.17) is 11.6 Å². The molecule has 0 spiro atoms. The molecule has 2 amide bonds. The number of aryl methyl sites for hydroxylation is 1. The van der Waals surface area contributed by atoms with Crippen molar-refractivity contribution in [3.05, 3.63) is 58.9 Å². The van der Waals surface area contributed by atoms with Gasteiger partial charge in [0.15, 0.2) is 0 Å². The molecule has 114 valence electrons. The number of nitrogens with zero attached hydrogens (tertiary/aromatic N) is 1. The van der Waals surface area contributed by atoms with Crippen LogP contribution in [-0.2, 0) is 6.42 Å². The Hall–Kier alpha value is -2.07. The number of rotatable bonds is 1. The van der Waals surface area contributed by atoms with Crippen LogP contribution in [0.25, 0.3) is 0 Å². The Morgan fingerprint density at radius 1 is 1.32 bits per heavy atom. The number of hydrogen-bond donors (Lipinski definition) is 1. The van der Waals surface area contributed by atoms with Crippen molar-refractivity contribution in [2.45, 2.75) is 25.8 Å². The Labute approximate surface area is 133 Å². The fourth-order valence-electron chi connectivity index (χ4n) is 2.78. The maximum absolute atomic E-state index is 13.4. The quantitative estimate of drug-likeness (QED) is 0.800. The highest BCUT2D eigenvalue weighted by Gasteiger charge is 2.28. The maximum atomic E-state index is 13.4. The Bertz CT molecular complexity index is 720. The van der Waals surface area contributed by atoms with Crippen molar-refractivity contribution >= 4 is 29.0 Å². The van der Waals surface area contributed by atoms with Gasteiger partial charge in [-0.25, -0.2) is 9.18 Å². The second kappa shape index (κ2) is 5.97. The van der Waals surface area contributed by atoms with Crippen LogP contribution in [0.5, 0.6) is 0 Å². The molecular weight excluding hydrogens is 303 g/mol. The van der Waals surface area contributed by atoms with Crippen molar-refractivity contribution in [1.82, 2.24) is 0 Å². The first-order chi connectivity index (χ1) is 10.5.